The van der Waals surface area contributed by atoms with Crippen molar-refractivity contribution < 1.29 is 23.9 Å². The van der Waals surface area contributed by atoms with E-state index in [4.69, 9.17) is 9.47 Å². The summed E-state index contributed by atoms with van der Waals surface area (Å²) in [5.74, 6) is -0.160. The van der Waals surface area contributed by atoms with Crippen LogP contribution in [0.3, 0.4) is 0 Å². The van der Waals surface area contributed by atoms with Crippen LogP contribution in [0, 0.1) is 0 Å². The molecule has 1 aliphatic rings. The number of amides is 1. The van der Waals surface area contributed by atoms with Gasteiger partial charge in [-0.05, 0) is 38.3 Å². The number of hydrogen-bond acceptors (Lipinski definition) is 7. The van der Waals surface area contributed by atoms with Gasteiger partial charge < -0.3 is 14.8 Å². The van der Waals surface area contributed by atoms with Gasteiger partial charge in [0.2, 0.25) is 0 Å². The van der Waals surface area contributed by atoms with Crippen LogP contribution in [-0.2, 0) is 19.1 Å². The first kappa shape index (κ1) is 21.6. The van der Waals surface area contributed by atoms with Gasteiger partial charge in [-0.2, -0.15) is 0 Å². The van der Waals surface area contributed by atoms with Gasteiger partial charge in [0.15, 0.2) is 6.61 Å². The number of unbranched alkanes of at least 4 members (excludes halogenated alkanes) is 1. The molecule has 27 heavy (non-hydrogen) atoms. The van der Waals surface area contributed by atoms with Gasteiger partial charge in [0.25, 0.3) is 5.91 Å². The van der Waals surface area contributed by atoms with E-state index in [0.717, 1.165) is 19.3 Å². The Labute approximate surface area is 167 Å². The summed E-state index contributed by atoms with van der Waals surface area (Å²) in [6, 6.07) is 6.56. The summed E-state index contributed by atoms with van der Waals surface area (Å²) < 4.78 is 9.98. The van der Waals surface area contributed by atoms with Crippen LogP contribution in [0.4, 0.5) is 5.69 Å². The van der Waals surface area contributed by atoms with Gasteiger partial charge in [0.1, 0.15) is 0 Å². The summed E-state index contributed by atoms with van der Waals surface area (Å²) in [4.78, 5) is 35.7. The maximum absolute atomic E-state index is 12.0. The van der Waals surface area contributed by atoms with Crippen molar-refractivity contribution in [3.05, 3.63) is 29.8 Å². The molecule has 1 amide bonds. The van der Waals surface area contributed by atoms with E-state index < -0.39 is 11.9 Å². The standard InChI is InChI=1S/C19H25NO5S2/c1-2-24-19(23)15-8-4-5-9-16(15)20-17(21)13-25-18(22)10-6-3-7-14-11-12-26-27-14/h4-5,8-9,14H,2-3,6-7,10-13H2,1H3,(H,20,21)/t14-/m0/s1. The predicted octanol–water partition coefficient (Wildman–Crippen LogP) is 4.06. The quantitative estimate of drug-likeness (QED) is 0.353. The van der Waals surface area contributed by atoms with Crippen LogP contribution >= 0.6 is 21.6 Å². The van der Waals surface area contributed by atoms with Gasteiger partial charge in [0, 0.05) is 17.4 Å². The van der Waals surface area contributed by atoms with Crippen molar-refractivity contribution in [3.8, 4) is 0 Å². The zero-order chi connectivity index (χ0) is 19.5. The number of anilines is 1. The third-order valence-electron chi connectivity index (χ3n) is 3.95. The van der Waals surface area contributed by atoms with Gasteiger partial charge in [-0.25, -0.2) is 4.79 Å². The molecule has 0 radical (unpaired) electrons. The molecule has 1 fully saturated rings. The zero-order valence-corrected chi connectivity index (χ0v) is 17.0. The van der Waals surface area contributed by atoms with Gasteiger partial charge >= 0.3 is 11.9 Å². The minimum absolute atomic E-state index is 0.247. The summed E-state index contributed by atoms with van der Waals surface area (Å²) in [6.07, 6.45) is 4.45. The number of carbonyl (C=O) groups is 3. The summed E-state index contributed by atoms with van der Waals surface area (Å²) in [5, 5.41) is 3.29. The van der Waals surface area contributed by atoms with Crippen molar-refractivity contribution in [2.75, 3.05) is 24.3 Å². The Balaban J connectivity index is 1.68. The molecular weight excluding hydrogens is 386 g/mol. The largest absolute Gasteiger partial charge is 0.462 e. The lowest BCUT2D eigenvalue weighted by Crippen LogP contribution is -2.22. The highest BCUT2D eigenvalue weighted by Gasteiger charge is 2.17. The lowest BCUT2D eigenvalue weighted by Gasteiger charge is -2.11. The first-order chi connectivity index (χ1) is 13.1. The number of ether oxygens (including phenoxy) is 2. The molecule has 0 unspecified atom stereocenters. The Hall–Kier alpha value is -1.67. The highest BCUT2D eigenvalue weighted by molar-refractivity contribution is 8.77. The molecule has 8 heteroatoms. The third-order valence-corrected chi connectivity index (χ3v) is 6.95. The summed E-state index contributed by atoms with van der Waals surface area (Å²) >= 11 is 0. The van der Waals surface area contributed by atoms with Crippen LogP contribution < -0.4 is 5.32 Å². The molecule has 1 aromatic rings. The van der Waals surface area contributed by atoms with E-state index in [0.29, 0.717) is 17.4 Å². The Morgan fingerprint density at radius 3 is 2.74 bits per heavy atom. The normalized spacial score (nSPS) is 16.0. The van der Waals surface area contributed by atoms with Gasteiger partial charge in [-0.1, -0.05) is 40.1 Å². The average Bonchev–Trinajstić information content (AvgIpc) is 3.18. The fourth-order valence-corrected chi connectivity index (χ4v) is 5.62. The highest BCUT2D eigenvalue weighted by Crippen LogP contribution is 2.39. The molecule has 0 aliphatic carbocycles. The fourth-order valence-electron chi connectivity index (χ4n) is 2.59. The summed E-state index contributed by atoms with van der Waals surface area (Å²) in [7, 11) is 3.85. The topological polar surface area (TPSA) is 81.7 Å². The molecule has 0 saturated carbocycles. The Morgan fingerprint density at radius 1 is 1.19 bits per heavy atom. The second kappa shape index (κ2) is 11.9. The van der Waals surface area contributed by atoms with Crippen molar-refractivity contribution >= 4 is 45.1 Å². The molecule has 1 aliphatic heterocycles. The zero-order valence-electron chi connectivity index (χ0n) is 15.4. The van der Waals surface area contributed by atoms with Crippen LogP contribution in [0.1, 0.15) is 49.4 Å². The smallest absolute Gasteiger partial charge is 0.340 e. The number of nitrogens with one attached hydrogen (secondary N) is 1. The number of para-hydroxylation sites is 1. The van der Waals surface area contributed by atoms with Crippen molar-refractivity contribution in [2.24, 2.45) is 0 Å². The van der Waals surface area contributed by atoms with Crippen LogP contribution in [0.25, 0.3) is 0 Å². The first-order valence-electron chi connectivity index (χ1n) is 9.10. The number of rotatable bonds is 10. The van der Waals surface area contributed by atoms with E-state index in [9.17, 15) is 14.4 Å². The van der Waals surface area contributed by atoms with E-state index in [1.807, 2.05) is 21.6 Å². The van der Waals surface area contributed by atoms with Crippen molar-refractivity contribution in [3.63, 3.8) is 0 Å². The maximum atomic E-state index is 12.0. The molecule has 2 rings (SSSR count). The molecule has 1 heterocycles. The lowest BCUT2D eigenvalue weighted by atomic mass is 10.1. The minimum atomic E-state index is -0.510. The Morgan fingerprint density at radius 2 is 2.00 bits per heavy atom. The molecule has 6 nitrogen and oxygen atoms in total. The minimum Gasteiger partial charge on any atom is -0.462 e. The molecular formula is C19H25NO5S2. The van der Waals surface area contributed by atoms with E-state index in [2.05, 4.69) is 5.32 Å². The number of carbonyl (C=O) groups excluding carboxylic acids is 3. The van der Waals surface area contributed by atoms with Crippen molar-refractivity contribution in [1.82, 2.24) is 0 Å². The average molecular weight is 412 g/mol. The molecule has 1 atom stereocenters. The van der Waals surface area contributed by atoms with Gasteiger partial charge in [0.05, 0.1) is 17.9 Å². The van der Waals surface area contributed by atoms with Crippen LogP contribution in [0.15, 0.2) is 24.3 Å². The number of esters is 2. The molecule has 148 valence electrons. The lowest BCUT2D eigenvalue weighted by molar-refractivity contribution is -0.147. The molecule has 0 spiro atoms. The molecule has 1 N–H and O–H groups in total. The summed E-state index contributed by atoms with van der Waals surface area (Å²) in [5.41, 5.74) is 0.603. The van der Waals surface area contributed by atoms with E-state index >= 15 is 0 Å². The van der Waals surface area contributed by atoms with Crippen molar-refractivity contribution in [1.29, 1.82) is 0 Å². The van der Waals surface area contributed by atoms with E-state index in [1.54, 1.807) is 31.2 Å². The SMILES string of the molecule is CCOC(=O)c1ccccc1NC(=O)COC(=O)CCCC[C@H]1CCSS1. The monoisotopic (exact) mass is 411 g/mol. The Bertz CT molecular complexity index is 647. The second-order valence-electron chi connectivity index (χ2n) is 6.05. The third kappa shape index (κ3) is 7.84. The highest BCUT2D eigenvalue weighted by atomic mass is 33.1. The maximum Gasteiger partial charge on any atom is 0.340 e. The van der Waals surface area contributed by atoms with E-state index in [1.165, 1.54) is 12.2 Å². The number of benzene rings is 1. The molecule has 0 bridgehead atoms. The summed E-state index contributed by atoms with van der Waals surface area (Å²) in [6.45, 7) is 1.59. The van der Waals surface area contributed by atoms with Gasteiger partial charge in [-0.3, -0.25) is 9.59 Å². The van der Waals surface area contributed by atoms with Crippen LogP contribution in [0.2, 0.25) is 0 Å². The second-order valence-corrected chi connectivity index (χ2v) is 8.84. The molecule has 0 aromatic heterocycles. The van der Waals surface area contributed by atoms with Crippen LogP contribution in [-0.4, -0.2) is 42.1 Å². The van der Waals surface area contributed by atoms with Crippen LogP contribution in [0.5, 0.6) is 0 Å². The predicted molar refractivity (Wildman–Crippen MR) is 109 cm³/mol. The van der Waals surface area contributed by atoms with Crippen molar-refractivity contribution in [2.45, 2.75) is 44.3 Å². The Kier molecular flexibility index (Phi) is 9.55. The molecule has 1 saturated heterocycles. The first-order valence-corrected chi connectivity index (χ1v) is 11.5. The molecule has 1 aromatic carbocycles. The van der Waals surface area contributed by atoms with Gasteiger partial charge in [-0.15, -0.1) is 0 Å². The number of hydrogen-bond donors (Lipinski definition) is 1. The fraction of sp³-hybridized carbons (Fsp3) is 0.526. The van der Waals surface area contributed by atoms with E-state index in [-0.39, 0.29) is 24.7 Å².